The molecule has 0 saturated heterocycles. The van der Waals surface area contributed by atoms with Crippen LogP contribution in [0.15, 0.2) is 54.6 Å². The van der Waals surface area contributed by atoms with E-state index >= 15 is 0 Å². The predicted octanol–water partition coefficient (Wildman–Crippen LogP) is 3.70. The van der Waals surface area contributed by atoms with E-state index in [1.54, 1.807) is 20.1 Å². The molecule has 0 heterocycles. The molecule has 0 radical (unpaired) electrons. The third-order valence-electron chi connectivity index (χ3n) is 4.56. The summed E-state index contributed by atoms with van der Waals surface area (Å²) < 4.78 is 5.10. The molecule has 6 heteroatoms. The Morgan fingerprint density at radius 3 is 2.21 bits per heavy atom. The highest BCUT2D eigenvalue weighted by Crippen LogP contribution is 2.18. The average molecular weight is 396 g/mol. The summed E-state index contributed by atoms with van der Waals surface area (Å²) in [4.78, 5) is 26.7. The van der Waals surface area contributed by atoms with Crippen LogP contribution in [0.2, 0.25) is 0 Å². The zero-order valence-corrected chi connectivity index (χ0v) is 17.4. The zero-order valence-electron chi connectivity index (χ0n) is 17.4. The van der Waals surface area contributed by atoms with Crippen molar-refractivity contribution < 1.29 is 14.3 Å². The van der Waals surface area contributed by atoms with Crippen molar-refractivity contribution in [1.29, 1.82) is 0 Å². The van der Waals surface area contributed by atoms with Gasteiger partial charge in [-0.25, -0.2) is 0 Å². The fraction of sp³-hybridized carbons (Fsp3) is 0.304. The monoisotopic (exact) mass is 395 g/mol. The Balaban J connectivity index is 1.87. The molecule has 154 valence electrons. The van der Waals surface area contributed by atoms with Gasteiger partial charge in [-0.15, -0.1) is 0 Å². The van der Waals surface area contributed by atoms with Crippen LogP contribution >= 0.6 is 0 Å². The number of rotatable bonds is 9. The van der Waals surface area contributed by atoms with Crippen LogP contribution in [-0.2, 0) is 9.59 Å². The predicted molar refractivity (Wildman–Crippen MR) is 118 cm³/mol. The van der Waals surface area contributed by atoms with E-state index in [1.807, 2.05) is 48.5 Å². The minimum atomic E-state index is -0.662. The molecule has 6 nitrogen and oxygen atoms in total. The van der Waals surface area contributed by atoms with Crippen LogP contribution in [0.4, 0.5) is 11.4 Å². The molecule has 0 saturated carbocycles. The minimum Gasteiger partial charge on any atom is -0.497 e. The number of carbonyl (C=O) groups is 2. The minimum absolute atomic E-state index is 0.271. The lowest BCUT2D eigenvalue weighted by molar-refractivity contribution is -0.123. The van der Waals surface area contributed by atoms with Crippen molar-refractivity contribution in [1.82, 2.24) is 5.32 Å². The average Bonchev–Trinajstić information content (AvgIpc) is 2.74. The number of anilines is 2. The molecule has 2 rings (SSSR count). The standard InChI is InChI=1S/C23H29N3O3/c1-5-26(6-2)20-12-10-19(11-13-20)25-23(28)17(3)24-22(27)16-9-18-7-14-21(29-4)15-8-18/h7-17H,5-6H2,1-4H3,(H,24,27)(H,25,28)/b16-9+. The van der Waals surface area contributed by atoms with Crippen molar-refractivity contribution in [3.8, 4) is 5.75 Å². The molecule has 0 fully saturated rings. The highest BCUT2D eigenvalue weighted by Gasteiger charge is 2.14. The van der Waals surface area contributed by atoms with Crippen LogP contribution in [0.5, 0.6) is 5.75 Å². The number of nitrogens with zero attached hydrogens (tertiary/aromatic N) is 1. The quantitative estimate of drug-likeness (QED) is 0.635. The molecular weight excluding hydrogens is 366 g/mol. The first-order valence-corrected chi connectivity index (χ1v) is 9.75. The lowest BCUT2D eigenvalue weighted by Gasteiger charge is -2.21. The van der Waals surface area contributed by atoms with Gasteiger partial charge in [-0.1, -0.05) is 12.1 Å². The van der Waals surface area contributed by atoms with Gasteiger partial charge in [-0.3, -0.25) is 9.59 Å². The van der Waals surface area contributed by atoms with Gasteiger partial charge in [0.1, 0.15) is 11.8 Å². The van der Waals surface area contributed by atoms with E-state index in [9.17, 15) is 9.59 Å². The first-order chi connectivity index (χ1) is 14.0. The van der Waals surface area contributed by atoms with Gasteiger partial charge in [0.2, 0.25) is 11.8 Å². The number of nitrogens with one attached hydrogen (secondary N) is 2. The van der Waals surface area contributed by atoms with Gasteiger partial charge in [-0.2, -0.15) is 0 Å². The molecule has 0 aliphatic carbocycles. The highest BCUT2D eigenvalue weighted by molar-refractivity contribution is 5.99. The van der Waals surface area contributed by atoms with Crippen molar-refractivity contribution in [2.75, 3.05) is 30.4 Å². The molecule has 2 N–H and O–H groups in total. The second-order valence-corrected chi connectivity index (χ2v) is 6.55. The van der Waals surface area contributed by atoms with E-state index in [0.29, 0.717) is 5.69 Å². The van der Waals surface area contributed by atoms with Crippen molar-refractivity contribution in [2.45, 2.75) is 26.8 Å². The molecule has 2 aromatic carbocycles. The van der Waals surface area contributed by atoms with Gasteiger partial charge >= 0.3 is 0 Å². The summed E-state index contributed by atoms with van der Waals surface area (Å²) in [5.74, 6) is 0.147. The molecule has 0 aliphatic heterocycles. The van der Waals surface area contributed by atoms with Crippen molar-refractivity contribution in [2.24, 2.45) is 0 Å². The molecule has 2 amide bonds. The SMILES string of the molecule is CCN(CC)c1ccc(NC(=O)C(C)NC(=O)/C=C/c2ccc(OC)cc2)cc1. The molecule has 1 unspecified atom stereocenters. The molecule has 0 aliphatic rings. The second-order valence-electron chi connectivity index (χ2n) is 6.55. The maximum Gasteiger partial charge on any atom is 0.246 e. The third-order valence-corrected chi connectivity index (χ3v) is 4.56. The van der Waals surface area contributed by atoms with Gasteiger partial charge < -0.3 is 20.3 Å². The number of ether oxygens (including phenoxy) is 1. The van der Waals surface area contributed by atoms with E-state index in [2.05, 4.69) is 29.4 Å². The van der Waals surface area contributed by atoms with Crippen LogP contribution in [0.3, 0.4) is 0 Å². The van der Waals surface area contributed by atoms with E-state index in [-0.39, 0.29) is 11.8 Å². The number of hydrogen-bond acceptors (Lipinski definition) is 4. The summed E-state index contributed by atoms with van der Waals surface area (Å²) in [6.45, 7) is 7.71. The molecule has 0 bridgehead atoms. The largest absolute Gasteiger partial charge is 0.497 e. The Labute approximate surface area is 172 Å². The molecule has 0 spiro atoms. The van der Waals surface area contributed by atoms with Crippen LogP contribution in [0.1, 0.15) is 26.3 Å². The normalized spacial score (nSPS) is 11.7. The first-order valence-electron chi connectivity index (χ1n) is 9.75. The summed E-state index contributed by atoms with van der Waals surface area (Å²) in [5, 5.41) is 5.50. The van der Waals surface area contributed by atoms with Gasteiger partial charge in [0, 0.05) is 30.5 Å². The Bertz CT molecular complexity index is 825. The van der Waals surface area contributed by atoms with Crippen molar-refractivity contribution in [3.05, 3.63) is 60.2 Å². The summed E-state index contributed by atoms with van der Waals surface area (Å²) in [7, 11) is 1.60. The maximum absolute atomic E-state index is 12.3. The second kappa shape index (κ2) is 10.9. The van der Waals surface area contributed by atoms with Crippen LogP contribution in [0.25, 0.3) is 6.08 Å². The number of hydrogen-bond donors (Lipinski definition) is 2. The van der Waals surface area contributed by atoms with Crippen molar-refractivity contribution in [3.63, 3.8) is 0 Å². The Hall–Kier alpha value is -3.28. The number of carbonyl (C=O) groups excluding carboxylic acids is 2. The Kier molecular flexibility index (Phi) is 8.27. The number of methoxy groups -OCH3 is 1. The summed E-state index contributed by atoms with van der Waals surface area (Å²) in [6, 6.07) is 14.4. The maximum atomic E-state index is 12.3. The van der Waals surface area contributed by atoms with E-state index < -0.39 is 6.04 Å². The summed E-state index contributed by atoms with van der Waals surface area (Å²) in [5.41, 5.74) is 2.67. The zero-order chi connectivity index (χ0) is 21.2. The Morgan fingerprint density at radius 2 is 1.66 bits per heavy atom. The van der Waals surface area contributed by atoms with E-state index in [1.165, 1.54) is 6.08 Å². The molecule has 1 atom stereocenters. The van der Waals surface area contributed by atoms with Gasteiger partial charge in [-0.05, 0) is 68.8 Å². The van der Waals surface area contributed by atoms with Gasteiger partial charge in [0.05, 0.1) is 7.11 Å². The van der Waals surface area contributed by atoms with Crippen LogP contribution in [0, 0.1) is 0 Å². The van der Waals surface area contributed by atoms with Crippen molar-refractivity contribution >= 4 is 29.3 Å². The van der Waals surface area contributed by atoms with Crippen LogP contribution in [-0.4, -0.2) is 38.1 Å². The molecular formula is C23H29N3O3. The van der Waals surface area contributed by atoms with Gasteiger partial charge in [0.25, 0.3) is 0 Å². The number of benzene rings is 2. The lowest BCUT2D eigenvalue weighted by atomic mass is 10.2. The fourth-order valence-electron chi connectivity index (χ4n) is 2.81. The molecule has 29 heavy (non-hydrogen) atoms. The summed E-state index contributed by atoms with van der Waals surface area (Å²) in [6.07, 6.45) is 3.09. The Morgan fingerprint density at radius 1 is 1.03 bits per heavy atom. The fourth-order valence-corrected chi connectivity index (χ4v) is 2.81. The van der Waals surface area contributed by atoms with Gasteiger partial charge in [0.15, 0.2) is 0 Å². The summed E-state index contributed by atoms with van der Waals surface area (Å²) >= 11 is 0. The smallest absolute Gasteiger partial charge is 0.246 e. The lowest BCUT2D eigenvalue weighted by Crippen LogP contribution is -2.40. The van der Waals surface area contributed by atoms with Crippen LogP contribution < -0.4 is 20.3 Å². The topological polar surface area (TPSA) is 70.7 Å². The number of amides is 2. The third kappa shape index (κ3) is 6.68. The first kappa shape index (κ1) is 22.0. The molecule has 0 aromatic heterocycles. The molecule has 2 aromatic rings. The highest BCUT2D eigenvalue weighted by atomic mass is 16.5. The van der Waals surface area contributed by atoms with E-state index in [0.717, 1.165) is 30.1 Å². The van der Waals surface area contributed by atoms with E-state index in [4.69, 9.17) is 4.74 Å².